The number of carbonyl (C=O) groups is 1. The molecule has 0 radical (unpaired) electrons. The number of para-hydroxylation sites is 3. The van der Waals surface area contributed by atoms with Crippen molar-refractivity contribution in [1.82, 2.24) is 5.16 Å². The number of aryl methyl sites for hydroxylation is 1. The number of benzene rings is 2. The van der Waals surface area contributed by atoms with Gasteiger partial charge in [0.05, 0.1) is 10.7 Å². The first-order valence-corrected chi connectivity index (χ1v) is 8.43. The van der Waals surface area contributed by atoms with Gasteiger partial charge < -0.3 is 19.9 Å². The molecule has 0 fully saturated rings. The monoisotopic (exact) mass is 371 g/mol. The minimum absolute atomic E-state index is 0.245. The summed E-state index contributed by atoms with van der Waals surface area (Å²) in [5.41, 5.74) is 0.673. The maximum atomic E-state index is 12.3. The number of hydrogen-bond donors (Lipinski definition) is 2. The van der Waals surface area contributed by atoms with Crippen LogP contribution in [0.3, 0.4) is 0 Å². The molecule has 3 rings (SSSR count). The lowest BCUT2D eigenvalue weighted by atomic mass is 10.2. The van der Waals surface area contributed by atoms with Crippen LogP contribution in [-0.2, 0) is 4.79 Å². The number of amides is 1. The normalized spacial score (nSPS) is 11.7. The van der Waals surface area contributed by atoms with E-state index in [0.717, 1.165) is 0 Å². The fourth-order valence-electron chi connectivity index (χ4n) is 2.28. The predicted molar refractivity (Wildman–Crippen MR) is 101 cm³/mol. The molecule has 0 saturated heterocycles. The van der Waals surface area contributed by atoms with Crippen molar-refractivity contribution >= 4 is 29.0 Å². The van der Waals surface area contributed by atoms with Gasteiger partial charge in [-0.05, 0) is 38.1 Å². The van der Waals surface area contributed by atoms with Gasteiger partial charge in [0.2, 0.25) is 5.91 Å². The Bertz CT molecular complexity index is 910. The quantitative estimate of drug-likeness (QED) is 0.646. The highest BCUT2D eigenvalue weighted by atomic mass is 35.5. The summed E-state index contributed by atoms with van der Waals surface area (Å²) in [6, 6.07) is 15.7. The van der Waals surface area contributed by atoms with E-state index in [1.165, 1.54) is 0 Å². The van der Waals surface area contributed by atoms with Crippen LogP contribution in [-0.4, -0.2) is 17.1 Å². The van der Waals surface area contributed by atoms with Crippen LogP contribution < -0.4 is 15.4 Å². The number of hydrogen-bond acceptors (Lipinski definition) is 5. The smallest absolute Gasteiger partial charge is 0.247 e. The zero-order valence-electron chi connectivity index (χ0n) is 14.3. The third-order valence-electron chi connectivity index (χ3n) is 3.59. The molecule has 2 aromatic carbocycles. The van der Waals surface area contributed by atoms with E-state index in [1.807, 2.05) is 30.3 Å². The van der Waals surface area contributed by atoms with Gasteiger partial charge in [0, 0.05) is 6.07 Å². The Labute approximate surface area is 156 Å². The van der Waals surface area contributed by atoms with Crippen LogP contribution in [0.5, 0.6) is 11.5 Å². The lowest BCUT2D eigenvalue weighted by molar-refractivity contribution is -0.116. The van der Waals surface area contributed by atoms with Gasteiger partial charge in [0.15, 0.2) is 11.6 Å². The molecule has 1 heterocycles. The molecule has 1 atom stereocenters. The number of anilines is 2. The van der Waals surface area contributed by atoms with Crippen LogP contribution in [0.1, 0.15) is 12.7 Å². The van der Waals surface area contributed by atoms with E-state index in [4.69, 9.17) is 20.9 Å². The number of carbonyl (C=O) groups excluding carboxylic acids is 1. The van der Waals surface area contributed by atoms with Crippen LogP contribution in [0.25, 0.3) is 0 Å². The summed E-state index contributed by atoms with van der Waals surface area (Å²) in [5, 5.41) is 10.1. The zero-order valence-corrected chi connectivity index (χ0v) is 15.1. The molecular weight excluding hydrogens is 354 g/mol. The average Bonchev–Trinajstić information content (AvgIpc) is 3.03. The van der Waals surface area contributed by atoms with Crippen molar-refractivity contribution in [2.24, 2.45) is 0 Å². The Balaban J connectivity index is 1.71. The number of aromatic nitrogens is 1. The molecule has 1 amide bonds. The van der Waals surface area contributed by atoms with Crippen molar-refractivity contribution in [2.45, 2.75) is 19.9 Å². The lowest BCUT2D eigenvalue weighted by Crippen LogP contribution is -2.32. The van der Waals surface area contributed by atoms with E-state index in [0.29, 0.717) is 33.8 Å². The molecule has 0 spiro atoms. The standard InChI is InChI=1S/C19H18ClN3O3/c1-12-11-18(23-26-12)22-19(24)13(2)21-15-8-4-6-10-17(15)25-16-9-5-3-7-14(16)20/h3-11,13,21H,1-2H3,(H,22,23,24)/t13-/m0/s1. The van der Waals surface area contributed by atoms with Crippen molar-refractivity contribution in [1.29, 1.82) is 0 Å². The van der Waals surface area contributed by atoms with Crippen molar-refractivity contribution < 1.29 is 14.1 Å². The third-order valence-corrected chi connectivity index (χ3v) is 3.90. The van der Waals surface area contributed by atoms with Gasteiger partial charge in [0.1, 0.15) is 17.6 Å². The molecular formula is C19H18ClN3O3. The van der Waals surface area contributed by atoms with Crippen molar-refractivity contribution in [3.8, 4) is 11.5 Å². The average molecular weight is 372 g/mol. The molecule has 0 bridgehead atoms. The van der Waals surface area contributed by atoms with Crippen LogP contribution in [0.2, 0.25) is 5.02 Å². The molecule has 1 aromatic heterocycles. The fourth-order valence-corrected chi connectivity index (χ4v) is 2.45. The Kier molecular flexibility index (Phi) is 5.43. The molecule has 134 valence electrons. The number of halogens is 1. The molecule has 7 heteroatoms. The number of nitrogens with zero attached hydrogens (tertiary/aromatic N) is 1. The Morgan fingerprint density at radius 3 is 2.54 bits per heavy atom. The Hall–Kier alpha value is -2.99. The maximum Gasteiger partial charge on any atom is 0.247 e. The Morgan fingerprint density at radius 1 is 1.15 bits per heavy atom. The van der Waals surface area contributed by atoms with Gasteiger partial charge in [-0.2, -0.15) is 0 Å². The number of rotatable bonds is 6. The number of nitrogens with one attached hydrogen (secondary N) is 2. The second-order valence-corrected chi connectivity index (χ2v) is 6.11. The second-order valence-electron chi connectivity index (χ2n) is 5.71. The zero-order chi connectivity index (χ0) is 18.5. The van der Waals surface area contributed by atoms with Gasteiger partial charge in [-0.3, -0.25) is 4.79 Å². The minimum Gasteiger partial charge on any atom is -0.454 e. The van der Waals surface area contributed by atoms with E-state index >= 15 is 0 Å². The number of ether oxygens (including phenoxy) is 1. The maximum absolute atomic E-state index is 12.3. The van der Waals surface area contributed by atoms with E-state index in [-0.39, 0.29) is 5.91 Å². The summed E-state index contributed by atoms with van der Waals surface area (Å²) >= 11 is 6.15. The SMILES string of the molecule is Cc1cc(NC(=O)[C@H](C)Nc2ccccc2Oc2ccccc2Cl)no1. The summed E-state index contributed by atoms with van der Waals surface area (Å²) in [6.45, 7) is 3.50. The predicted octanol–water partition coefficient (Wildman–Crippen LogP) is 4.87. The fraction of sp³-hybridized carbons (Fsp3) is 0.158. The molecule has 0 aliphatic carbocycles. The van der Waals surface area contributed by atoms with E-state index < -0.39 is 6.04 Å². The summed E-state index contributed by atoms with van der Waals surface area (Å²) < 4.78 is 10.8. The van der Waals surface area contributed by atoms with E-state index in [9.17, 15) is 4.79 Å². The van der Waals surface area contributed by atoms with Crippen molar-refractivity contribution in [3.05, 3.63) is 65.4 Å². The highest BCUT2D eigenvalue weighted by Crippen LogP contribution is 2.33. The first-order chi connectivity index (χ1) is 12.5. The first kappa shape index (κ1) is 17.8. The summed E-state index contributed by atoms with van der Waals surface area (Å²) in [6.07, 6.45) is 0. The third kappa shape index (κ3) is 4.34. The van der Waals surface area contributed by atoms with Gasteiger partial charge in [-0.25, -0.2) is 0 Å². The van der Waals surface area contributed by atoms with Gasteiger partial charge in [-0.1, -0.05) is 41.0 Å². The summed E-state index contributed by atoms with van der Waals surface area (Å²) in [5.74, 6) is 1.86. The molecule has 2 N–H and O–H groups in total. The largest absolute Gasteiger partial charge is 0.454 e. The highest BCUT2D eigenvalue weighted by Gasteiger charge is 2.16. The highest BCUT2D eigenvalue weighted by molar-refractivity contribution is 6.32. The van der Waals surface area contributed by atoms with Gasteiger partial charge in [0.25, 0.3) is 0 Å². The molecule has 3 aromatic rings. The van der Waals surface area contributed by atoms with Crippen LogP contribution in [0, 0.1) is 6.92 Å². The van der Waals surface area contributed by atoms with Crippen molar-refractivity contribution in [3.63, 3.8) is 0 Å². The lowest BCUT2D eigenvalue weighted by Gasteiger charge is -2.17. The van der Waals surface area contributed by atoms with E-state index in [2.05, 4.69) is 15.8 Å². The summed E-state index contributed by atoms with van der Waals surface area (Å²) in [7, 11) is 0. The molecule has 0 unspecified atom stereocenters. The molecule has 0 saturated carbocycles. The van der Waals surface area contributed by atoms with Crippen molar-refractivity contribution in [2.75, 3.05) is 10.6 Å². The molecule has 6 nitrogen and oxygen atoms in total. The van der Waals surface area contributed by atoms with Gasteiger partial charge in [-0.15, -0.1) is 0 Å². The first-order valence-electron chi connectivity index (χ1n) is 8.05. The second kappa shape index (κ2) is 7.93. The van der Waals surface area contributed by atoms with E-state index in [1.54, 1.807) is 38.1 Å². The van der Waals surface area contributed by atoms with Crippen LogP contribution in [0.15, 0.2) is 59.1 Å². The van der Waals surface area contributed by atoms with Crippen LogP contribution >= 0.6 is 11.6 Å². The Morgan fingerprint density at radius 2 is 1.85 bits per heavy atom. The van der Waals surface area contributed by atoms with Gasteiger partial charge >= 0.3 is 0 Å². The molecule has 0 aliphatic rings. The molecule has 26 heavy (non-hydrogen) atoms. The molecule has 0 aliphatic heterocycles. The van der Waals surface area contributed by atoms with Crippen LogP contribution in [0.4, 0.5) is 11.5 Å². The topological polar surface area (TPSA) is 76.4 Å². The summed E-state index contributed by atoms with van der Waals surface area (Å²) in [4.78, 5) is 12.3. The minimum atomic E-state index is -0.525.